The van der Waals surface area contributed by atoms with E-state index in [1.807, 2.05) is 6.07 Å². The maximum Gasteiger partial charge on any atom is 0.399 e. The summed E-state index contributed by atoms with van der Waals surface area (Å²) in [7, 11) is 0. The van der Waals surface area contributed by atoms with Crippen LogP contribution in [0, 0.1) is 11.7 Å². The van der Waals surface area contributed by atoms with E-state index in [0.29, 0.717) is 60.9 Å². The third-order valence-electron chi connectivity index (χ3n) is 7.96. The minimum absolute atomic E-state index is 0.0446. The van der Waals surface area contributed by atoms with Gasteiger partial charge in [0.15, 0.2) is 0 Å². The Bertz CT molecular complexity index is 1470. The number of fused-ring (bicyclic) bond motifs is 2. The van der Waals surface area contributed by atoms with Gasteiger partial charge in [0.05, 0.1) is 16.6 Å². The summed E-state index contributed by atoms with van der Waals surface area (Å²) >= 11 is 0. The zero-order valence-corrected chi connectivity index (χ0v) is 20.1. The Labute approximate surface area is 210 Å². The number of hydrogen-bond donors (Lipinski definition) is 1. The average molecular weight is 511 g/mol. The fraction of sp³-hybridized carbons (Fsp3) is 0.393. The van der Waals surface area contributed by atoms with Gasteiger partial charge in [0.2, 0.25) is 0 Å². The molecule has 3 heterocycles. The van der Waals surface area contributed by atoms with Gasteiger partial charge in [-0.2, -0.15) is 13.2 Å². The lowest BCUT2D eigenvalue weighted by molar-refractivity contribution is -0.166. The van der Waals surface area contributed by atoms with Gasteiger partial charge in [0.25, 0.3) is 5.91 Å². The van der Waals surface area contributed by atoms with Crippen molar-refractivity contribution in [2.75, 3.05) is 13.1 Å². The highest BCUT2D eigenvalue weighted by Gasteiger charge is 2.48. The Morgan fingerprint density at radius 1 is 1.00 bits per heavy atom. The molecule has 192 valence electrons. The molecule has 0 bridgehead atoms. The molecule has 0 radical (unpaired) electrons. The molecule has 1 saturated carbocycles. The van der Waals surface area contributed by atoms with Crippen LogP contribution in [0.3, 0.4) is 0 Å². The number of hydrogen-bond acceptors (Lipinski definition) is 3. The summed E-state index contributed by atoms with van der Waals surface area (Å²) in [5.41, 5.74) is 2.92. The van der Waals surface area contributed by atoms with Crippen molar-refractivity contribution in [3.63, 3.8) is 0 Å². The molecule has 2 aromatic heterocycles. The van der Waals surface area contributed by atoms with Crippen LogP contribution in [0.25, 0.3) is 21.9 Å². The van der Waals surface area contributed by atoms with Crippen LogP contribution in [0.2, 0.25) is 0 Å². The number of carbonyl (C=O) groups is 1. The van der Waals surface area contributed by atoms with Crippen LogP contribution in [0.5, 0.6) is 0 Å². The number of likely N-dealkylation sites (tertiary alicyclic amines) is 1. The first kappa shape index (κ1) is 23.9. The Morgan fingerprint density at radius 3 is 2.49 bits per heavy atom. The smallest absolute Gasteiger partial charge is 0.341 e. The van der Waals surface area contributed by atoms with Gasteiger partial charge in [-0.3, -0.25) is 9.78 Å². The molecule has 2 aliphatic rings. The van der Waals surface area contributed by atoms with Crippen LogP contribution in [0.15, 0.2) is 48.7 Å². The van der Waals surface area contributed by atoms with Crippen molar-refractivity contribution in [2.45, 2.75) is 50.1 Å². The standard InChI is InChI=1S/C28H26F4N4O/c29-19-7-9-22-21(15-19)20(10-11-33-22)16-2-4-17(5-3-16)25(28(30,31)32)26-34-23-8-6-18(14-24(23)35-26)27(37)36-12-1-13-36/h6-11,14-17,25H,1-5,12-13H2,(H,34,35)/t16-,17+,25-/m1/s1. The Morgan fingerprint density at radius 2 is 1.78 bits per heavy atom. The number of benzene rings is 2. The van der Waals surface area contributed by atoms with Gasteiger partial charge in [0.1, 0.15) is 17.6 Å². The van der Waals surface area contributed by atoms with E-state index >= 15 is 0 Å². The number of nitrogens with one attached hydrogen (secondary N) is 1. The number of amides is 1. The lowest BCUT2D eigenvalue weighted by atomic mass is 9.73. The molecular formula is C28H26F4N4O. The fourth-order valence-corrected chi connectivity index (χ4v) is 5.91. The highest BCUT2D eigenvalue weighted by molar-refractivity contribution is 5.97. The second-order valence-corrected chi connectivity index (χ2v) is 10.2. The lowest BCUT2D eigenvalue weighted by Crippen LogP contribution is -2.41. The van der Waals surface area contributed by atoms with Gasteiger partial charge in [-0.05, 0) is 92.0 Å². The molecular weight excluding hydrogens is 484 g/mol. The molecule has 1 atom stereocenters. The number of H-pyrrole nitrogens is 1. The summed E-state index contributed by atoms with van der Waals surface area (Å²) < 4.78 is 57.1. The van der Waals surface area contributed by atoms with Gasteiger partial charge < -0.3 is 9.88 Å². The molecule has 6 rings (SSSR count). The predicted molar refractivity (Wildman–Crippen MR) is 132 cm³/mol. The number of halogens is 4. The minimum Gasteiger partial charge on any atom is -0.341 e. The van der Waals surface area contributed by atoms with E-state index in [-0.39, 0.29) is 23.5 Å². The number of carbonyl (C=O) groups excluding carboxylic acids is 1. The molecule has 4 aromatic rings. The number of pyridine rings is 1. The van der Waals surface area contributed by atoms with Crippen molar-refractivity contribution in [3.05, 3.63) is 71.4 Å². The molecule has 1 amide bonds. The topological polar surface area (TPSA) is 61.9 Å². The summed E-state index contributed by atoms with van der Waals surface area (Å²) in [5.74, 6) is -2.87. The molecule has 2 aromatic carbocycles. The number of imidazole rings is 1. The van der Waals surface area contributed by atoms with Gasteiger partial charge in [-0.1, -0.05) is 0 Å². The third-order valence-corrected chi connectivity index (χ3v) is 7.96. The van der Waals surface area contributed by atoms with E-state index < -0.39 is 18.0 Å². The number of aromatic amines is 1. The first-order valence-corrected chi connectivity index (χ1v) is 12.7. The van der Waals surface area contributed by atoms with Gasteiger partial charge >= 0.3 is 6.18 Å². The molecule has 1 aliphatic heterocycles. The maximum atomic E-state index is 14.4. The van der Waals surface area contributed by atoms with Gasteiger partial charge in [-0.15, -0.1) is 0 Å². The summed E-state index contributed by atoms with van der Waals surface area (Å²) in [6, 6.07) is 11.2. The largest absolute Gasteiger partial charge is 0.399 e. The lowest BCUT2D eigenvalue weighted by Gasteiger charge is -2.34. The molecule has 9 heteroatoms. The van der Waals surface area contributed by atoms with Crippen molar-refractivity contribution in [1.82, 2.24) is 19.9 Å². The van der Waals surface area contributed by atoms with E-state index in [2.05, 4.69) is 15.0 Å². The van der Waals surface area contributed by atoms with E-state index in [4.69, 9.17) is 0 Å². The summed E-state index contributed by atoms with van der Waals surface area (Å²) in [6.07, 6.45) is 0.0741. The number of nitrogens with zero attached hydrogens (tertiary/aromatic N) is 3. The van der Waals surface area contributed by atoms with Crippen molar-refractivity contribution >= 4 is 27.8 Å². The van der Waals surface area contributed by atoms with Crippen molar-refractivity contribution < 1.29 is 22.4 Å². The zero-order valence-electron chi connectivity index (χ0n) is 20.1. The van der Waals surface area contributed by atoms with E-state index in [0.717, 1.165) is 17.4 Å². The van der Waals surface area contributed by atoms with Crippen molar-refractivity contribution in [3.8, 4) is 0 Å². The maximum absolute atomic E-state index is 14.4. The van der Waals surface area contributed by atoms with Crippen LogP contribution in [0.1, 0.15) is 65.7 Å². The SMILES string of the molecule is O=C(c1ccc2[nH]c([C@@H]([C@H]3CC[C@@H](c4ccnc5ccc(F)cc54)CC3)C(F)(F)F)nc2c1)N1CCC1. The monoisotopic (exact) mass is 510 g/mol. The second kappa shape index (κ2) is 9.11. The van der Waals surface area contributed by atoms with Crippen LogP contribution >= 0.6 is 0 Å². The molecule has 2 fully saturated rings. The minimum atomic E-state index is -4.46. The van der Waals surface area contributed by atoms with Gasteiger partial charge in [0, 0.05) is 30.2 Å². The van der Waals surface area contributed by atoms with E-state index in [9.17, 15) is 22.4 Å². The Balaban J connectivity index is 1.25. The first-order chi connectivity index (χ1) is 17.8. The highest BCUT2D eigenvalue weighted by Crippen LogP contribution is 2.48. The van der Waals surface area contributed by atoms with E-state index in [1.165, 1.54) is 12.1 Å². The summed E-state index contributed by atoms with van der Waals surface area (Å²) in [5, 5.41) is 0.721. The molecule has 0 unspecified atom stereocenters. The fourth-order valence-electron chi connectivity index (χ4n) is 5.91. The van der Waals surface area contributed by atoms with Crippen LogP contribution in [0.4, 0.5) is 17.6 Å². The van der Waals surface area contributed by atoms with Crippen LogP contribution < -0.4 is 0 Å². The molecule has 1 aliphatic carbocycles. The second-order valence-electron chi connectivity index (χ2n) is 10.2. The van der Waals surface area contributed by atoms with Crippen LogP contribution in [-0.2, 0) is 0 Å². The van der Waals surface area contributed by atoms with Gasteiger partial charge in [-0.25, -0.2) is 9.37 Å². The average Bonchev–Trinajstić information content (AvgIpc) is 3.24. The van der Waals surface area contributed by atoms with Crippen molar-refractivity contribution in [1.29, 1.82) is 0 Å². The number of rotatable bonds is 4. The summed E-state index contributed by atoms with van der Waals surface area (Å²) in [6.45, 7) is 1.40. The molecule has 1 saturated heterocycles. The molecule has 0 spiro atoms. The third kappa shape index (κ3) is 4.45. The highest BCUT2D eigenvalue weighted by atomic mass is 19.4. The normalized spacial score (nSPS) is 21.2. The quantitative estimate of drug-likeness (QED) is 0.310. The predicted octanol–water partition coefficient (Wildman–Crippen LogP) is 6.72. The molecule has 1 N–H and O–H groups in total. The summed E-state index contributed by atoms with van der Waals surface area (Å²) in [4.78, 5) is 25.8. The number of alkyl halides is 3. The Kier molecular flexibility index (Phi) is 5.88. The van der Waals surface area contributed by atoms with Crippen LogP contribution in [-0.4, -0.2) is 45.0 Å². The number of aromatic nitrogens is 3. The van der Waals surface area contributed by atoms with E-state index in [1.54, 1.807) is 35.4 Å². The zero-order chi connectivity index (χ0) is 25.7. The Hall–Kier alpha value is -3.49. The first-order valence-electron chi connectivity index (χ1n) is 12.7. The van der Waals surface area contributed by atoms with Crippen molar-refractivity contribution in [2.24, 2.45) is 5.92 Å². The molecule has 37 heavy (non-hydrogen) atoms. The molecule has 5 nitrogen and oxygen atoms in total.